The molecule has 0 unspecified atom stereocenters. The predicted molar refractivity (Wildman–Crippen MR) is 111 cm³/mol. The quantitative estimate of drug-likeness (QED) is 0.760. The predicted octanol–water partition coefficient (Wildman–Crippen LogP) is 4.47. The number of hydrogen-bond donors (Lipinski definition) is 1. The normalized spacial score (nSPS) is 13.9. The molecule has 1 aromatic carbocycles. The molecule has 0 bridgehead atoms. The molecule has 28 heavy (non-hydrogen) atoms. The lowest BCUT2D eigenvalue weighted by molar-refractivity contribution is 0.392. The molecule has 0 saturated carbocycles. The summed E-state index contributed by atoms with van der Waals surface area (Å²) < 4.78 is 11.6. The Balaban J connectivity index is 2.34. The van der Waals surface area contributed by atoms with Gasteiger partial charge < -0.3 is 15.2 Å². The van der Waals surface area contributed by atoms with E-state index in [0.29, 0.717) is 33.9 Å². The van der Waals surface area contributed by atoms with Gasteiger partial charge >= 0.3 is 0 Å². The minimum absolute atomic E-state index is 0.130. The average molecular weight is 437 g/mol. The van der Waals surface area contributed by atoms with Gasteiger partial charge in [-0.05, 0) is 58.6 Å². The lowest BCUT2D eigenvalue weighted by Crippen LogP contribution is -2.03. The van der Waals surface area contributed by atoms with Crippen LogP contribution < -0.4 is 15.2 Å². The van der Waals surface area contributed by atoms with Crippen LogP contribution in [0.3, 0.4) is 0 Å². The fourth-order valence-electron chi connectivity index (χ4n) is 3.35. The number of anilines is 1. The number of benzene rings is 1. The van der Waals surface area contributed by atoms with Crippen molar-refractivity contribution in [3.63, 3.8) is 0 Å². The van der Waals surface area contributed by atoms with Crippen LogP contribution in [0, 0.1) is 29.6 Å². The number of halogens is 1. The zero-order valence-electron chi connectivity index (χ0n) is 15.8. The maximum atomic E-state index is 9.66. The van der Waals surface area contributed by atoms with Gasteiger partial charge in [0.25, 0.3) is 0 Å². The van der Waals surface area contributed by atoms with Gasteiger partial charge in [-0.15, -0.1) is 0 Å². The highest BCUT2D eigenvalue weighted by Crippen LogP contribution is 2.45. The van der Waals surface area contributed by atoms with Gasteiger partial charge in [0.1, 0.15) is 29.5 Å². The van der Waals surface area contributed by atoms with Crippen molar-refractivity contribution in [1.29, 1.82) is 10.5 Å². The Morgan fingerprint density at radius 2 is 1.79 bits per heavy atom. The molecule has 1 aliphatic carbocycles. The summed E-state index contributed by atoms with van der Waals surface area (Å²) in [4.78, 5) is 4.34. The van der Waals surface area contributed by atoms with Crippen LogP contribution in [0.15, 0.2) is 22.2 Å². The summed E-state index contributed by atoms with van der Waals surface area (Å²) in [6.07, 6.45) is 1.92. The van der Waals surface area contributed by atoms with Crippen molar-refractivity contribution in [2.45, 2.75) is 13.8 Å². The van der Waals surface area contributed by atoms with Gasteiger partial charge in [0.05, 0.1) is 35.5 Å². The Morgan fingerprint density at radius 3 is 2.36 bits per heavy atom. The van der Waals surface area contributed by atoms with Crippen LogP contribution in [0.5, 0.6) is 11.5 Å². The van der Waals surface area contributed by atoms with Crippen molar-refractivity contribution < 1.29 is 9.47 Å². The van der Waals surface area contributed by atoms with E-state index in [1.165, 1.54) is 0 Å². The molecule has 0 atom stereocenters. The molecule has 2 N–H and O–H groups in total. The van der Waals surface area contributed by atoms with Gasteiger partial charge in [0.2, 0.25) is 0 Å². The summed E-state index contributed by atoms with van der Waals surface area (Å²) in [5, 5.41) is 19.1. The van der Waals surface area contributed by atoms with E-state index in [0.717, 1.165) is 26.7 Å². The summed E-state index contributed by atoms with van der Waals surface area (Å²) in [7, 11) is 3.16. The van der Waals surface area contributed by atoms with Crippen LogP contribution in [-0.2, 0) is 0 Å². The van der Waals surface area contributed by atoms with E-state index < -0.39 is 0 Å². The molecule has 0 spiro atoms. The van der Waals surface area contributed by atoms with E-state index in [1.54, 1.807) is 20.3 Å². The Morgan fingerprint density at radius 1 is 1.11 bits per heavy atom. The molecule has 1 heterocycles. The maximum absolute atomic E-state index is 9.66. The number of nitrogen functional groups attached to an aromatic ring is 1. The number of hydrogen-bond acceptors (Lipinski definition) is 6. The monoisotopic (exact) mass is 436 g/mol. The van der Waals surface area contributed by atoms with Crippen LogP contribution in [0.4, 0.5) is 5.82 Å². The number of pyridine rings is 1. The molecule has 2 aromatic rings. The SMILES string of the molecule is COc1cc(OC)c(C=C2C(C)=C(C#N)c3nc(N)c(C#N)c(C)c32)cc1Br. The highest BCUT2D eigenvalue weighted by atomic mass is 79.9. The van der Waals surface area contributed by atoms with Crippen molar-refractivity contribution in [3.05, 3.63) is 50.1 Å². The summed E-state index contributed by atoms with van der Waals surface area (Å²) in [6, 6.07) is 7.99. The molecule has 0 amide bonds. The number of ether oxygens (including phenoxy) is 2. The molecule has 0 aliphatic heterocycles. The number of nitriles is 2. The second kappa shape index (κ2) is 7.38. The molecule has 1 aromatic heterocycles. The van der Waals surface area contributed by atoms with Crippen molar-refractivity contribution in [3.8, 4) is 23.6 Å². The molecule has 6 nitrogen and oxygen atoms in total. The number of nitrogens with two attached hydrogens (primary N) is 1. The minimum Gasteiger partial charge on any atom is -0.496 e. The Bertz CT molecular complexity index is 1150. The smallest absolute Gasteiger partial charge is 0.142 e. The third kappa shape index (κ3) is 2.90. The topological polar surface area (TPSA) is 105 Å². The third-order valence-electron chi connectivity index (χ3n) is 4.79. The molecule has 1 aliphatic rings. The lowest BCUT2D eigenvalue weighted by Gasteiger charge is -2.13. The minimum atomic E-state index is 0.130. The van der Waals surface area contributed by atoms with E-state index in [9.17, 15) is 10.5 Å². The number of methoxy groups -OCH3 is 2. The fraction of sp³-hybridized carbons (Fsp3) is 0.190. The molecule has 7 heteroatoms. The van der Waals surface area contributed by atoms with Crippen LogP contribution >= 0.6 is 15.9 Å². The number of nitrogens with zero attached hydrogens (tertiary/aromatic N) is 3. The van der Waals surface area contributed by atoms with E-state index in [-0.39, 0.29) is 5.82 Å². The molecule has 0 fully saturated rings. The zero-order valence-corrected chi connectivity index (χ0v) is 17.4. The van der Waals surface area contributed by atoms with E-state index in [1.807, 2.05) is 26.0 Å². The average Bonchev–Trinajstić information content (AvgIpc) is 2.93. The lowest BCUT2D eigenvalue weighted by atomic mass is 9.95. The summed E-state index contributed by atoms with van der Waals surface area (Å²) >= 11 is 3.49. The second-order valence-corrected chi connectivity index (χ2v) is 7.09. The first kappa shape index (κ1) is 19.5. The van der Waals surface area contributed by atoms with Crippen LogP contribution in [0.1, 0.15) is 34.9 Å². The Labute approximate surface area is 171 Å². The van der Waals surface area contributed by atoms with Gasteiger partial charge in [0, 0.05) is 17.2 Å². The summed E-state index contributed by atoms with van der Waals surface area (Å²) in [5.41, 5.74) is 11.0. The van der Waals surface area contributed by atoms with Crippen molar-refractivity contribution in [1.82, 2.24) is 4.98 Å². The number of allylic oxidation sites excluding steroid dienone is 3. The van der Waals surface area contributed by atoms with E-state index >= 15 is 0 Å². The van der Waals surface area contributed by atoms with Crippen molar-refractivity contribution in [2.24, 2.45) is 0 Å². The maximum Gasteiger partial charge on any atom is 0.142 e. The Kier molecular flexibility index (Phi) is 5.13. The first-order chi connectivity index (χ1) is 13.4. The first-order valence-corrected chi connectivity index (χ1v) is 9.12. The van der Waals surface area contributed by atoms with Crippen LogP contribution in [-0.4, -0.2) is 19.2 Å². The first-order valence-electron chi connectivity index (χ1n) is 8.33. The standard InChI is InChI=1S/C21H17BrN4O2/c1-10-13(5-12-6-16(22)18(28-4)7-17(12)27-3)19-11(2)15(9-24)21(25)26-20(19)14(10)8-23/h5-7H,1-4H3,(H2,25,26). The number of rotatable bonds is 3. The molecule has 3 rings (SSSR count). The van der Waals surface area contributed by atoms with Gasteiger partial charge in [-0.1, -0.05) is 0 Å². The number of fused-ring (bicyclic) bond motifs is 1. The number of aromatic nitrogens is 1. The Hall–Kier alpha value is -3.29. The van der Waals surface area contributed by atoms with Crippen LogP contribution in [0.25, 0.3) is 17.2 Å². The van der Waals surface area contributed by atoms with Crippen molar-refractivity contribution >= 4 is 39.0 Å². The molecule has 0 radical (unpaired) electrons. The molecular formula is C21H17BrN4O2. The highest BCUT2D eigenvalue weighted by molar-refractivity contribution is 9.10. The largest absolute Gasteiger partial charge is 0.496 e. The van der Waals surface area contributed by atoms with Crippen LogP contribution in [0.2, 0.25) is 0 Å². The van der Waals surface area contributed by atoms with Gasteiger partial charge in [-0.3, -0.25) is 0 Å². The van der Waals surface area contributed by atoms with Gasteiger partial charge in [0.15, 0.2) is 0 Å². The molecular weight excluding hydrogens is 420 g/mol. The van der Waals surface area contributed by atoms with E-state index in [2.05, 4.69) is 33.1 Å². The summed E-state index contributed by atoms with van der Waals surface area (Å²) in [5.74, 6) is 1.40. The van der Waals surface area contributed by atoms with Gasteiger partial charge in [-0.2, -0.15) is 10.5 Å². The fourth-order valence-corrected chi connectivity index (χ4v) is 3.87. The zero-order chi connectivity index (χ0) is 20.6. The molecule has 140 valence electrons. The summed E-state index contributed by atoms with van der Waals surface area (Å²) in [6.45, 7) is 3.68. The highest BCUT2D eigenvalue weighted by Gasteiger charge is 2.30. The third-order valence-corrected chi connectivity index (χ3v) is 5.41. The van der Waals surface area contributed by atoms with E-state index in [4.69, 9.17) is 15.2 Å². The van der Waals surface area contributed by atoms with Crippen molar-refractivity contribution in [2.75, 3.05) is 20.0 Å². The molecule has 0 saturated heterocycles. The van der Waals surface area contributed by atoms with Gasteiger partial charge in [-0.25, -0.2) is 4.98 Å². The second-order valence-electron chi connectivity index (χ2n) is 6.23.